The number of amides is 1. The van der Waals surface area contributed by atoms with Gasteiger partial charge in [0.25, 0.3) is 5.91 Å². The fourth-order valence-electron chi connectivity index (χ4n) is 5.08. The van der Waals surface area contributed by atoms with Gasteiger partial charge in [-0.1, -0.05) is 17.7 Å². The van der Waals surface area contributed by atoms with Crippen LogP contribution in [-0.2, 0) is 37.2 Å². The molecule has 1 aromatic carbocycles. The molecular formula is C29H29ClF3N8O5P. The summed E-state index contributed by atoms with van der Waals surface area (Å²) >= 11 is 6.53. The quantitative estimate of drug-likeness (QED) is 0.216. The Bertz CT molecular complexity index is 1870. The van der Waals surface area contributed by atoms with E-state index in [0.29, 0.717) is 42.8 Å². The van der Waals surface area contributed by atoms with Gasteiger partial charge in [0.05, 0.1) is 72.8 Å². The smallest absolute Gasteiger partial charge is 0.380 e. The van der Waals surface area contributed by atoms with Crippen molar-refractivity contribution in [3.8, 4) is 11.3 Å². The molecule has 8 bridgehead atoms. The highest BCUT2D eigenvalue weighted by molar-refractivity contribution is 7.53. The van der Waals surface area contributed by atoms with E-state index in [9.17, 15) is 22.5 Å². The molecule has 3 aromatic heterocycles. The van der Waals surface area contributed by atoms with Gasteiger partial charge >= 0.3 is 13.8 Å². The number of hydrogen-bond donors (Lipinski definition) is 3. The van der Waals surface area contributed by atoms with Gasteiger partial charge in [0, 0.05) is 25.0 Å². The molecule has 0 saturated carbocycles. The number of anilines is 4. The molecule has 1 spiro atoms. The molecule has 5 aliphatic rings. The molecule has 248 valence electrons. The van der Waals surface area contributed by atoms with Crippen LogP contribution in [0.3, 0.4) is 0 Å². The van der Waals surface area contributed by atoms with Crippen molar-refractivity contribution in [3.63, 3.8) is 0 Å². The van der Waals surface area contributed by atoms with E-state index in [4.69, 9.17) is 25.4 Å². The number of pyridine rings is 1. The van der Waals surface area contributed by atoms with E-state index in [1.807, 2.05) is 0 Å². The second-order valence-corrected chi connectivity index (χ2v) is 13.5. The Morgan fingerprint density at radius 1 is 1.15 bits per heavy atom. The van der Waals surface area contributed by atoms with Crippen molar-refractivity contribution in [1.82, 2.24) is 30.0 Å². The molecule has 1 amide bonds. The first-order chi connectivity index (χ1) is 22.4. The predicted molar refractivity (Wildman–Crippen MR) is 166 cm³/mol. The summed E-state index contributed by atoms with van der Waals surface area (Å²) in [6.07, 6.45) is -1.03. The number of ether oxygens (including phenoxy) is 1. The number of rotatable bonds is 3. The minimum atomic E-state index is -4.83. The van der Waals surface area contributed by atoms with Crippen molar-refractivity contribution in [2.24, 2.45) is 5.41 Å². The molecule has 1 saturated heterocycles. The van der Waals surface area contributed by atoms with E-state index in [1.165, 1.54) is 13.1 Å². The fraction of sp³-hybridized carbons (Fsp3) is 0.345. The van der Waals surface area contributed by atoms with Crippen molar-refractivity contribution in [2.45, 2.75) is 25.8 Å². The molecule has 13 nitrogen and oxygen atoms in total. The number of benzene rings is 1. The molecule has 3 N–H and O–H groups in total. The van der Waals surface area contributed by atoms with Crippen molar-refractivity contribution in [3.05, 3.63) is 70.8 Å². The van der Waals surface area contributed by atoms with Crippen LogP contribution in [0.25, 0.3) is 11.3 Å². The third-order valence-corrected chi connectivity index (χ3v) is 9.72. The summed E-state index contributed by atoms with van der Waals surface area (Å²) in [6.45, 7) is 2.94. The lowest BCUT2D eigenvalue weighted by Gasteiger charge is -2.41. The summed E-state index contributed by atoms with van der Waals surface area (Å²) in [6, 6.07) is 7.71. The zero-order chi connectivity index (χ0) is 33.4. The highest BCUT2D eigenvalue weighted by atomic mass is 35.5. The Morgan fingerprint density at radius 3 is 2.62 bits per heavy atom. The van der Waals surface area contributed by atoms with Crippen LogP contribution >= 0.6 is 19.2 Å². The third-order valence-electron chi connectivity index (χ3n) is 7.48. The summed E-state index contributed by atoms with van der Waals surface area (Å²) in [5.74, 6) is -1.49. The van der Waals surface area contributed by atoms with Crippen molar-refractivity contribution >= 4 is 48.2 Å². The first-order valence-corrected chi connectivity index (χ1v) is 16.5. The number of carbonyl (C=O) groups is 1. The summed E-state index contributed by atoms with van der Waals surface area (Å²) in [4.78, 5) is 25.3. The molecule has 0 aliphatic carbocycles. The normalized spacial score (nSPS) is 19.2. The Kier molecular flexibility index (Phi) is 8.98. The Balaban J connectivity index is 1.46. The van der Waals surface area contributed by atoms with Crippen LogP contribution in [0.5, 0.6) is 0 Å². The third kappa shape index (κ3) is 7.11. The molecule has 1 fully saturated rings. The van der Waals surface area contributed by atoms with Gasteiger partial charge in [-0.05, 0) is 36.8 Å². The largest absolute Gasteiger partial charge is 0.421 e. The van der Waals surface area contributed by atoms with E-state index in [0.717, 1.165) is 0 Å². The molecular weight excluding hydrogens is 664 g/mol. The maximum Gasteiger partial charge on any atom is 0.421 e. The van der Waals surface area contributed by atoms with Crippen LogP contribution < -0.4 is 16.0 Å². The maximum atomic E-state index is 14.1. The van der Waals surface area contributed by atoms with E-state index >= 15 is 0 Å². The molecule has 4 aromatic rings. The van der Waals surface area contributed by atoms with Crippen LogP contribution in [0.15, 0.2) is 48.9 Å². The zero-order valence-electron chi connectivity index (χ0n) is 25.1. The lowest BCUT2D eigenvalue weighted by molar-refractivity contribution is -0.142. The summed E-state index contributed by atoms with van der Waals surface area (Å²) in [5.41, 5.74) is -0.214. The molecule has 47 heavy (non-hydrogen) atoms. The second-order valence-electron chi connectivity index (χ2n) is 11.1. The van der Waals surface area contributed by atoms with Gasteiger partial charge in [0.2, 0.25) is 5.95 Å². The van der Waals surface area contributed by atoms with Gasteiger partial charge in [-0.15, -0.1) is 0 Å². The lowest BCUT2D eigenvalue weighted by atomic mass is 9.87. The van der Waals surface area contributed by atoms with Gasteiger partial charge in [-0.25, -0.2) is 9.97 Å². The van der Waals surface area contributed by atoms with Crippen LogP contribution in [0, 0.1) is 5.41 Å². The maximum absolute atomic E-state index is 14.1. The summed E-state index contributed by atoms with van der Waals surface area (Å²) in [7, 11) is -2.28. The van der Waals surface area contributed by atoms with E-state index in [-0.39, 0.29) is 47.4 Å². The number of hydrogen-bond acceptors (Lipinski definition) is 11. The van der Waals surface area contributed by atoms with E-state index in [2.05, 4.69) is 36.0 Å². The standard InChI is InChI=1S/C29H29ClF3N8O5P/c1-3-45-47(43)12-17-4-5-22(20(30)8-17)39-27-35-10-19(29(31,32)33)25(40-27)38-23-7-6-21(37-24(23)26(42)34-2)18-9-36-41(11-18)13-28(16-46-47)14-44-15-28/h4-11H,3,12-16H2,1-2H3,(H,34,42)(H2,35,38,39,40)/t47-/m1/s1. The SMILES string of the molecule is CCO[P@]1(=O)Cc2ccc(c(Cl)c2)Nc2ncc(C(F)(F)F)c(n2)Nc2ccc(nc2C(=O)NC)-c2cnn(c2)CC2(COC2)CO1. The average Bonchev–Trinajstić information content (AvgIpc) is 3.47. The van der Waals surface area contributed by atoms with E-state index < -0.39 is 36.5 Å². The molecule has 8 heterocycles. The lowest BCUT2D eigenvalue weighted by Crippen LogP contribution is -2.49. The summed E-state index contributed by atoms with van der Waals surface area (Å²) in [5, 5.41) is 12.5. The van der Waals surface area contributed by atoms with Crippen molar-refractivity contribution in [2.75, 3.05) is 44.1 Å². The highest BCUT2D eigenvalue weighted by Gasteiger charge is 2.42. The molecule has 5 aliphatic heterocycles. The number of nitrogens with zero attached hydrogens (tertiary/aromatic N) is 5. The van der Waals surface area contributed by atoms with Crippen LogP contribution in [0.4, 0.5) is 36.3 Å². The predicted octanol–water partition coefficient (Wildman–Crippen LogP) is 6.03. The number of alkyl halides is 3. The van der Waals surface area contributed by atoms with Gasteiger partial charge < -0.3 is 29.7 Å². The number of carbonyl (C=O) groups excluding carboxylic acids is 1. The van der Waals surface area contributed by atoms with Gasteiger partial charge in [-0.3, -0.25) is 14.0 Å². The molecule has 18 heteroatoms. The molecule has 0 unspecified atom stereocenters. The monoisotopic (exact) mass is 692 g/mol. The highest BCUT2D eigenvalue weighted by Crippen LogP contribution is 2.53. The van der Waals surface area contributed by atoms with Crippen LogP contribution in [0.2, 0.25) is 5.02 Å². The molecule has 0 radical (unpaired) electrons. The Morgan fingerprint density at radius 2 is 1.94 bits per heavy atom. The fourth-order valence-corrected chi connectivity index (χ4v) is 7.10. The molecule has 9 rings (SSSR count). The zero-order valence-corrected chi connectivity index (χ0v) is 26.7. The Labute approximate surface area is 271 Å². The average molecular weight is 693 g/mol. The van der Waals surface area contributed by atoms with E-state index in [1.54, 1.807) is 48.3 Å². The second kappa shape index (κ2) is 12.8. The number of nitrogens with one attached hydrogen (secondary N) is 3. The minimum absolute atomic E-state index is 0.0263. The Hall–Kier alpha value is -4.08. The topological polar surface area (TPSA) is 154 Å². The van der Waals surface area contributed by atoms with Gasteiger partial charge in [0.15, 0.2) is 5.69 Å². The molecule has 1 atom stereocenters. The number of halogens is 4. The van der Waals surface area contributed by atoms with Gasteiger partial charge in [-0.2, -0.15) is 23.3 Å². The summed E-state index contributed by atoms with van der Waals surface area (Å²) < 4.78 is 74.8. The van der Waals surface area contributed by atoms with Crippen LogP contribution in [0.1, 0.15) is 28.5 Å². The van der Waals surface area contributed by atoms with Crippen LogP contribution in [-0.4, -0.2) is 64.1 Å². The number of aromatic nitrogens is 5. The van der Waals surface area contributed by atoms with Crippen molar-refractivity contribution in [1.29, 1.82) is 0 Å². The van der Waals surface area contributed by atoms with Gasteiger partial charge in [0.1, 0.15) is 11.4 Å². The minimum Gasteiger partial charge on any atom is -0.380 e. The van der Waals surface area contributed by atoms with Crippen molar-refractivity contribution < 1.29 is 36.3 Å². The first-order valence-electron chi connectivity index (χ1n) is 14.4. The first kappa shape index (κ1) is 32.8.